The molecule has 0 saturated heterocycles. The zero-order valence-corrected chi connectivity index (χ0v) is 12.5. The van der Waals surface area contributed by atoms with Crippen LogP contribution < -0.4 is 14.8 Å². The summed E-state index contributed by atoms with van der Waals surface area (Å²) in [6.45, 7) is 2.11. The van der Waals surface area contributed by atoms with Crippen molar-refractivity contribution in [3.63, 3.8) is 0 Å². The molecule has 1 aliphatic heterocycles. The van der Waals surface area contributed by atoms with Gasteiger partial charge in [-0.05, 0) is 37.0 Å². The summed E-state index contributed by atoms with van der Waals surface area (Å²) < 4.78 is 15.4. The number of hydrogen-bond donors (Lipinski definition) is 1. The number of thioether (sulfide) groups is 1. The third-order valence-corrected chi connectivity index (χ3v) is 3.10. The summed E-state index contributed by atoms with van der Waals surface area (Å²) in [6.07, 6.45) is 3.16. The molecule has 1 amide bonds. The number of benzene rings is 1. The van der Waals surface area contributed by atoms with E-state index in [0.29, 0.717) is 17.1 Å². The fourth-order valence-electron chi connectivity index (χ4n) is 1.69. The second kappa shape index (κ2) is 7.03. The Morgan fingerprint density at radius 2 is 2.14 bits per heavy atom. The predicted molar refractivity (Wildman–Crippen MR) is 79.2 cm³/mol. The number of esters is 1. The predicted octanol–water partition coefficient (Wildman–Crippen LogP) is 2.39. The average Bonchev–Trinajstić information content (AvgIpc) is 2.94. The van der Waals surface area contributed by atoms with Gasteiger partial charge in [0.1, 0.15) is 5.70 Å². The highest BCUT2D eigenvalue weighted by Crippen LogP contribution is 2.33. The fourth-order valence-corrected chi connectivity index (χ4v) is 1.90. The van der Waals surface area contributed by atoms with Gasteiger partial charge in [0.05, 0.1) is 6.61 Å². The Morgan fingerprint density at radius 3 is 2.86 bits per heavy atom. The standard InChI is InChI=1S/C14H15NO5S/c1-3-18-13(16)10(15-14(17)21-2)6-9-4-5-11-12(7-9)20-8-19-11/h4-7H,3,8H2,1-2H3,(H,15,17)/b10-6-. The molecule has 0 saturated carbocycles. The van der Waals surface area contributed by atoms with Crippen LogP contribution in [0.3, 0.4) is 0 Å². The van der Waals surface area contributed by atoms with Gasteiger partial charge >= 0.3 is 5.97 Å². The number of hydrogen-bond acceptors (Lipinski definition) is 6. The molecule has 0 bridgehead atoms. The number of amides is 1. The molecule has 112 valence electrons. The molecule has 2 rings (SSSR count). The van der Waals surface area contributed by atoms with E-state index in [1.165, 1.54) is 6.08 Å². The average molecular weight is 309 g/mol. The van der Waals surface area contributed by atoms with Crippen LogP contribution in [0.4, 0.5) is 4.79 Å². The molecule has 0 fully saturated rings. The molecule has 1 aromatic carbocycles. The van der Waals surface area contributed by atoms with Gasteiger partial charge in [-0.25, -0.2) is 4.79 Å². The number of fused-ring (bicyclic) bond motifs is 1. The van der Waals surface area contributed by atoms with Crippen LogP contribution in [0.1, 0.15) is 12.5 Å². The van der Waals surface area contributed by atoms with Crippen molar-refractivity contribution >= 4 is 29.0 Å². The Bertz CT molecular complexity index is 585. The van der Waals surface area contributed by atoms with Crippen molar-refractivity contribution in [3.8, 4) is 11.5 Å². The van der Waals surface area contributed by atoms with Gasteiger partial charge in [-0.15, -0.1) is 0 Å². The summed E-state index contributed by atoms with van der Waals surface area (Å²) in [7, 11) is 0. The minimum absolute atomic E-state index is 0.0788. The topological polar surface area (TPSA) is 73.9 Å². The van der Waals surface area contributed by atoms with Gasteiger partial charge in [0.15, 0.2) is 11.5 Å². The Kier molecular flexibility index (Phi) is 5.10. The van der Waals surface area contributed by atoms with Crippen molar-refractivity contribution in [3.05, 3.63) is 29.5 Å². The Balaban J connectivity index is 2.26. The van der Waals surface area contributed by atoms with Crippen LogP contribution in [0.2, 0.25) is 0 Å². The van der Waals surface area contributed by atoms with Crippen LogP contribution in [0.15, 0.2) is 23.9 Å². The quantitative estimate of drug-likeness (QED) is 0.680. The van der Waals surface area contributed by atoms with E-state index in [0.717, 1.165) is 11.8 Å². The molecule has 0 radical (unpaired) electrons. The maximum absolute atomic E-state index is 11.9. The van der Waals surface area contributed by atoms with Gasteiger partial charge in [0, 0.05) is 0 Å². The molecule has 0 aliphatic carbocycles. The van der Waals surface area contributed by atoms with E-state index in [2.05, 4.69) is 5.32 Å². The van der Waals surface area contributed by atoms with Crippen LogP contribution in [-0.2, 0) is 9.53 Å². The maximum atomic E-state index is 11.9. The van der Waals surface area contributed by atoms with E-state index in [1.54, 1.807) is 31.4 Å². The molecule has 7 heteroatoms. The first kappa shape index (κ1) is 15.2. The zero-order valence-electron chi connectivity index (χ0n) is 11.7. The molecule has 1 aliphatic rings. The summed E-state index contributed by atoms with van der Waals surface area (Å²) in [6, 6.07) is 5.23. The summed E-state index contributed by atoms with van der Waals surface area (Å²) in [5.74, 6) is 0.665. The Hall–Kier alpha value is -2.15. The second-order valence-electron chi connectivity index (χ2n) is 4.01. The van der Waals surface area contributed by atoms with Crippen molar-refractivity contribution < 1.29 is 23.8 Å². The third-order valence-electron chi connectivity index (χ3n) is 2.63. The second-order valence-corrected chi connectivity index (χ2v) is 4.79. The lowest BCUT2D eigenvalue weighted by Gasteiger charge is -2.08. The highest BCUT2D eigenvalue weighted by molar-refractivity contribution is 8.13. The summed E-state index contributed by atoms with van der Waals surface area (Å²) >= 11 is 0.976. The highest BCUT2D eigenvalue weighted by Gasteiger charge is 2.16. The van der Waals surface area contributed by atoms with E-state index < -0.39 is 5.97 Å². The zero-order chi connectivity index (χ0) is 15.2. The normalized spacial score (nSPS) is 13.0. The minimum Gasteiger partial charge on any atom is -0.461 e. The van der Waals surface area contributed by atoms with Crippen LogP contribution in [0.5, 0.6) is 11.5 Å². The summed E-state index contributed by atoms with van der Waals surface area (Å²) in [5, 5.41) is 2.17. The molecular weight excluding hydrogens is 294 g/mol. The minimum atomic E-state index is -0.586. The molecule has 1 N–H and O–H groups in total. The third kappa shape index (κ3) is 3.91. The van der Waals surface area contributed by atoms with Crippen molar-refractivity contribution in [2.75, 3.05) is 19.7 Å². The van der Waals surface area contributed by atoms with E-state index in [9.17, 15) is 9.59 Å². The van der Waals surface area contributed by atoms with E-state index in [-0.39, 0.29) is 24.3 Å². The van der Waals surface area contributed by atoms with Gasteiger partial charge in [0.2, 0.25) is 6.79 Å². The number of ether oxygens (including phenoxy) is 3. The monoisotopic (exact) mass is 309 g/mol. The molecule has 21 heavy (non-hydrogen) atoms. The van der Waals surface area contributed by atoms with Crippen LogP contribution in [0.25, 0.3) is 6.08 Å². The molecule has 0 unspecified atom stereocenters. The van der Waals surface area contributed by atoms with Gasteiger partial charge < -0.3 is 19.5 Å². The van der Waals surface area contributed by atoms with Crippen molar-refractivity contribution in [1.29, 1.82) is 0 Å². The van der Waals surface area contributed by atoms with Gasteiger partial charge in [-0.2, -0.15) is 0 Å². The van der Waals surface area contributed by atoms with E-state index in [4.69, 9.17) is 14.2 Å². The Morgan fingerprint density at radius 1 is 1.38 bits per heavy atom. The molecule has 6 nitrogen and oxygen atoms in total. The summed E-state index contributed by atoms with van der Waals surface area (Å²) in [4.78, 5) is 23.3. The summed E-state index contributed by atoms with van der Waals surface area (Å²) in [5.41, 5.74) is 0.777. The van der Waals surface area contributed by atoms with E-state index >= 15 is 0 Å². The molecule has 0 spiro atoms. The van der Waals surface area contributed by atoms with Gasteiger partial charge in [-0.3, -0.25) is 4.79 Å². The molecule has 1 heterocycles. The van der Waals surface area contributed by atoms with Crippen molar-refractivity contribution in [2.24, 2.45) is 0 Å². The van der Waals surface area contributed by atoms with Crippen molar-refractivity contribution in [2.45, 2.75) is 6.92 Å². The van der Waals surface area contributed by atoms with Crippen LogP contribution >= 0.6 is 11.8 Å². The maximum Gasteiger partial charge on any atom is 0.354 e. The Labute approximate surface area is 126 Å². The number of rotatable bonds is 4. The first-order valence-corrected chi connectivity index (χ1v) is 7.50. The lowest BCUT2D eigenvalue weighted by Crippen LogP contribution is -2.25. The first-order chi connectivity index (χ1) is 10.1. The number of carbonyl (C=O) groups excluding carboxylic acids is 2. The van der Waals surface area contributed by atoms with Crippen LogP contribution in [0, 0.1) is 0 Å². The van der Waals surface area contributed by atoms with Gasteiger partial charge in [0.25, 0.3) is 5.24 Å². The molecule has 1 aromatic rings. The molecule has 0 atom stereocenters. The lowest BCUT2D eigenvalue weighted by atomic mass is 10.1. The van der Waals surface area contributed by atoms with Crippen LogP contribution in [-0.4, -0.2) is 30.9 Å². The van der Waals surface area contributed by atoms with Gasteiger partial charge in [-0.1, -0.05) is 17.8 Å². The highest BCUT2D eigenvalue weighted by atomic mass is 32.2. The number of carbonyl (C=O) groups is 2. The van der Waals surface area contributed by atoms with Crippen molar-refractivity contribution in [1.82, 2.24) is 5.32 Å². The SMILES string of the molecule is CCOC(=O)/C(=C/c1ccc2c(c1)OCO2)NC(=O)SC. The first-order valence-electron chi connectivity index (χ1n) is 6.27. The fraction of sp³-hybridized carbons (Fsp3) is 0.286. The smallest absolute Gasteiger partial charge is 0.354 e. The largest absolute Gasteiger partial charge is 0.461 e. The molecular formula is C14H15NO5S. The molecule has 0 aromatic heterocycles. The number of nitrogens with one attached hydrogen (secondary N) is 1. The van der Waals surface area contributed by atoms with E-state index in [1.807, 2.05) is 0 Å². The lowest BCUT2D eigenvalue weighted by molar-refractivity contribution is -0.138.